The molecule has 2 aromatic rings. The van der Waals surface area contributed by atoms with Gasteiger partial charge in [-0.2, -0.15) is 0 Å². The van der Waals surface area contributed by atoms with Crippen LogP contribution in [0, 0.1) is 0 Å². The second-order valence-electron chi connectivity index (χ2n) is 4.52. The topological polar surface area (TPSA) is 81.1 Å². The lowest BCUT2D eigenvalue weighted by Crippen LogP contribution is -2.32. The molecule has 8 heteroatoms. The maximum Gasteiger partial charge on any atom is 0.262 e. The maximum absolute atomic E-state index is 12.0. The van der Waals surface area contributed by atoms with Crippen LogP contribution in [0.4, 0.5) is 0 Å². The van der Waals surface area contributed by atoms with Gasteiger partial charge >= 0.3 is 0 Å². The molecule has 1 aliphatic carbocycles. The molecular weight excluding hydrogens is 286 g/mol. The third-order valence-corrected chi connectivity index (χ3v) is 5.85. The minimum atomic E-state index is -3.19. The van der Waals surface area contributed by atoms with Crippen LogP contribution in [0.3, 0.4) is 0 Å². The van der Waals surface area contributed by atoms with E-state index in [1.807, 2.05) is 5.38 Å². The third-order valence-electron chi connectivity index (χ3n) is 3.07. The smallest absolute Gasteiger partial charge is 0.262 e. The summed E-state index contributed by atoms with van der Waals surface area (Å²) in [6, 6.07) is 1.74. The Hall–Kier alpha value is -1.25. The van der Waals surface area contributed by atoms with Gasteiger partial charge < -0.3 is 0 Å². The summed E-state index contributed by atoms with van der Waals surface area (Å²) in [6.07, 6.45) is 2.93. The number of sulfonamides is 1. The fourth-order valence-corrected chi connectivity index (χ4v) is 3.95. The summed E-state index contributed by atoms with van der Waals surface area (Å²) < 4.78 is 27.2. The largest absolute Gasteiger partial charge is 0.297 e. The van der Waals surface area contributed by atoms with Crippen LogP contribution >= 0.6 is 11.3 Å². The molecule has 1 aliphatic rings. The first-order valence-electron chi connectivity index (χ1n) is 5.99. The van der Waals surface area contributed by atoms with E-state index in [-0.39, 0.29) is 17.4 Å². The first-order valence-corrected chi connectivity index (χ1v) is 8.41. The highest BCUT2D eigenvalue weighted by Crippen LogP contribution is 2.27. The van der Waals surface area contributed by atoms with Crippen LogP contribution < -0.4 is 10.3 Å². The Kier molecular flexibility index (Phi) is 3.15. The van der Waals surface area contributed by atoms with Gasteiger partial charge in [-0.3, -0.25) is 9.36 Å². The fraction of sp³-hybridized carbons (Fsp3) is 0.455. The van der Waals surface area contributed by atoms with Crippen LogP contribution in [0.25, 0.3) is 10.2 Å². The van der Waals surface area contributed by atoms with Crippen molar-refractivity contribution in [1.29, 1.82) is 0 Å². The predicted molar refractivity (Wildman–Crippen MR) is 73.8 cm³/mol. The summed E-state index contributed by atoms with van der Waals surface area (Å²) in [7, 11) is -3.19. The second kappa shape index (κ2) is 4.69. The molecule has 0 bridgehead atoms. The normalized spacial score (nSPS) is 16.0. The zero-order valence-electron chi connectivity index (χ0n) is 10.1. The van der Waals surface area contributed by atoms with Crippen LogP contribution in [0.1, 0.15) is 12.8 Å². The quantitative estimate of drug-likeness (QED) is 0.873. The lowest BCUT2D eigenvalue weighted by Gasteiger charge is -2.07. The zero-order chi connectivity index (χ0) is 13.5. The molecule has 102 valence electrons. The van der Waals surface area contributed by atoms with E-state index in [9.17, 15) is 13.2 Å². The van der Waals surface area contributed by atoms with Gasteiger partial charge in [0.2, 0.25) is 10.0 Å². The summed E-state index contributed by atoms with van der Waals surface area (Å²) in [4.78, 5) is 16.9. The number of hydrogen-bond acceptors (Lipinski definition) is 5. The summed E-state index contributed by atoms with van der Waals surface area (Å²) in [5.74, 6) is 0. The number of nitrogens with zero attached hydrogens (tertiary/aromatic N) is 2. The van der Waals surface area contributed by atoms with Crippen molar-refractivity contribution in [2.45, 2.75) is 24.6 Å². The number of nitrogens with one attached hydrogen (secondary N) is 1. The van der Waals surface area contributed by atoms with Gasteiger partial charge in [-0.1, -0.05) is 0 Å². The highest BCUT2D eigenvalue weighted by Gasteiger charge is 2.35. The van der Waals surface area contributed by atoms with Gasteiger partial charge in [0, 0.05) is 13.1 Å². The Bertz CT molecular complexity index is 759. The standard InChI is InChI=1S/C11H13N3O3S2/c15-11-9-3-6-18-10(9)12-7-14(11)5-4-13-19(16,17)8-1-2-8/h3,6-8,13H,1-2,4-5H2. The molecular formula is C11H13N3O3S2. The van der Waals surface area contributed by atoms with E-state index in [1.54, 1.807) is 6.07 Å². The molecule has 1 fully saturated rings. The molecule has 1 saturated carbocycles. The van der Waals surface area contributed by atoms with Crippen molar-refractivity contribution in [2.75, 3.05) is 6.54 Å². The molecule has 1 N–H and O–H groups in total. The summed E-state index contributed by atoms with van der Waals surface area (Å²) in [5, 5.41) is 2.17. The summed E-state index contributed by atoms with van der Waals surface area (Å²) in [5.41, 5.74) is -0.128. The van der Waals surface area contributed by atoms with E-state index < -0.39 is 10.0 Å². The molecule has 19 heavy (non-hydrogen) atoms. The zero-order valence-corrected chi connectivity index (χ0v) is 11.7. The Balaban J connectivity index is 1.71. The third kappa shape index (κ3) is 2.56. The van der Waals surface area contributed by atoms with Crippen LogP contribution in [0.5, 0.6) is 0 Å². The van der Waals surface area contributed by atoms with Crippen molar-refractivity contribution in [3.8, 4) is 0 Å². The highest BCUT2D eigenvalue weighted by molar-refractivity contribution is 7.90. The van der Waals surface area contributed by atoms with E-state index in [0.29, 0.717) is 16.8 Å². The first-order chi connectivity index (χ1) is 9.08. The Morgan fingerprint density at radius 1 is 1.47 bits per heavy atom. The van der Waals surface area contributed by atoms with Crippen molar-refractivity contribution in [3.63, 3.8) is 0 Å². The average molecular weight is 299 g/mol. The number of hydrogen-bond donors (Lipinski definition) is 1. The van der Waals surface area contributed by atoms with Crippen LogP contribution in [0.2, 0.25) is 0 Å². The van der Waals surface area contributed by atoms with Crippen LogP contribution in [-0.2, 0) is 16.6 Å². The van der Waals surface area contributed by atoms with Gasteiger partial charge in [-0.05, 0) is 24.3 Å². The minimum absolute atomic E-state index is 0.128. The molecule has 0 saturated heterocycles. The SMILES string of the molecule is O=c1c2ccsc2ncn1CCNS(=O)(=O)C1CC1. The maximum atomic E-state index is 12.0. The van der Waals surface area contributed by atoms with Gasteiger partial charge in [-0.25, -0.2) is 18.1 Å². The van der Waals surface area contributed by atoms with Crippen molar-refractivity contribution in [2.24, 2.45) is 0 Å². The second-order valence-corrected chi connectivity index (χ2v) is 7.46. The van der Waals surface area contributed by atoms with E-state index in [2.05, 4.69) is 9.71 Å². The van der Waals surface area contributed by atoms with Gasteiger partial charge in [0.1, 0.15) is 4.83 Å². The molecule has 2 aromatic heterocycles. The van der Waals surface area contributed by atoms with Crippen molar-refractivity contribution >= 4 is 31.6 Å². The highest BCUT2D eigenvalue weighted by atomic mass is 32.2. The van der Waals surface area contributed by atoms with Crippen LogP contribution in [-0.4, -0.2) is 29.8 Å². The van der Waals surface area contributed by atoms with Crippen LogP contribution in [0.15, 0.2) is 22.6 Å². The molecule has 0 atom stereocenters. The average Bonchev–Trinajstić information content (AvgIpc) is 3.12. The van der Waals surface area contributed by atoms with Gasteiger partial charge in [0.25, 0.3) is 5.56 Å². The molecule has 0 aromatic carbocycles. The number of fused-ring (bicyclic) bond motifs is 1. The molecule has 6 nitrogen and oxygen atoms in total. The monoisotopic (exact) mass is 299 g/mol. The van der Waals surface area contributed by atoms with E-state index in [0.717, 1.165) is 12.8 Å². The number of aromatic nitrogens is 2. The molecule has 0 aliphatic heterocycles. The molecule has 2 heterocycles. The van der Waals surface area contributed by atoms with E-state index >= 15 is 0 Å². The van der Waals surface area contributed by atoms with Crippen molar-refractivity contribution in [1.82, 2.24) is 14.3 Å². The van der Waals surface area contributed by atoms with Gasteiger partial charge in [0.05, 0.1) is 17.0 Å². The molecule has 3 rings (SSSR count). The summed E-state index contributed by atoms with van der Waals surface area (Å²) >= 11 is 1.41. The van der Waals surface area contributed by atoms with E-state index in [1.165, 1.54) is 22.2 Å². The van der Waals surface area contributed by atoms with Crippen molar-refractivity contribution in [3.05, 3.63) is 28.1 Å². The van der Waals surface area contributed by atoms with Crippen molar-refractivity contribution < 1.29 is 8.42 Å². The fourth-order valence-electron chi connectivity index (χ4n) is 1.86. The lowest BCUT2D eigenvalue weighted by atomic mass is 10.4. The Labute approximate surface area is 114 Å². The minimum Gasteiger partial charge on any atom is -0.297 e. The summed E-state index contributed by atoms with van der Waals surface area (Å²) in [6.45, 7) is 0.514. The molecule has 0 unspecified atom stereocenters. The van der Waals surface area contributed by atoms with Gasteiger partial charge in [-0.15, -0.1) is 11.3 Å². The van der Waals surface area contributed by atoms with Gasteiger partial charge in [0.15, 0.2) is 0 Å². The van der Waals surface area contributed by atoms with E-state index in [4.69, 9.17) is 0 Å². The Morgan fingerprint density at radius 3 is 3.00 bits per heavy atom. The lowest BCUT2D eigenvalue weighted by molar-refractivity contribution is 0.568. The number of rotatable bonds is 5. The predicted octanol–water partition coefficient (Wildman–Crippen LogP) is 0.540. The molecule has 0 amide bonds. The molecule has 0 radical (unpaired) electrons. The Morgan fingerprint density at radius 2 is 2.26 bits per heavy atom. The first kappa shape index (κ1) is 12.8. The number of thiophene rings is 1. The molecule has 0 spiro atoms.